The second kappa shape index (κ2) is 6.77. The number of carbonyl (C=O) groups excluding carboxylic acids is 1. The highest BCUT2D eigenvalue weighted by molar-refractivity contribution is 7.16. The first kappa shape index (κ1) is 16.4. The summed E-state index contributed by atoms with van der Waals surface area (Å²) in [6, 6.07) is 5.92. The number of nitrogens with one attached hydrogen (secondary N) is 1. The van der Waals surface area contributed by atoms with Crippen LogP contribution in [0.2, 0.25) is 0 Å². The van der Waals surface area contributed by atoms with Crippen LogP contribution in [-0.2, 0) is 4.79 Å². The van der Waals surface area contributed by atoms with Gasteiger partial charge in [-0.3, -0.25) is 4.79 Å². The first-order chi connectivity index (χ1) is 13.3. The molecule has 1 fully saturated rings. The van der Waals surface area contributed by atoms with Gasteiger partial charge < -0.3 is 15.1 Å². The average Bonchev–Trinajstić information content (AvgIpc) is 3.22. The summed E-state index contributed by atoms with van der Waals surface area (Å²) in [4.78, 5) is 31.7. The van der Waals surface area contributed by atoms with E-state index < -0.39 is 0 Å². The lowest BCUT2D eigenvalue weighted by molar-refractivity contribution is -0.122. The van der Waals surface area contributed by atoms with Crippen LogP contribution in [0.15, 0.2) is 36.1 Å². The predicted octanol–water partition coefficient (Wildman–Crippen LogP) is 2.76. The van der Waals surface area contributed by atoms with Crippen molar-refractivity contribution in [2.24, 2.45) is 5.92 Å². The fourth-order valence-electron chi connectivity index (χ4n) is 4.01. The first-order valence-corrected chi connectivity index (χ1v) is 10.1. The summed E-state index contributed by atoms with van der Waals surface area (Å²) >= 11 is 1.62. The zero-order valence-corrected chi connectivity index (χ0v) is 15.7. The summed E-state index contributed by atoms with van der Waals surface area (Å²) < 4.78 is 0. The van der Waals surface area contributed by atoms with Gasteiger partial charge in [0, 0.05) is 32.4 Å². The van der Waals surface area contributed by atoms with Crippen molar-refractivity contribution in [2.75, 3.05) is 41.3 Å². The van der Waals surface area contributed by atoms with Crippen LogP contribution in [0.3, 0.4) is 0 Å². The number of fused-ring (bicyclic) bond motifs is 2. The van der Waals surface area contributed by atoms with Crippen LogP contribution >= 0.6 is 11.3 Å². The smallest absolute Gasteiger partial charge is 0.232 e. The maximum absolute atomic E-state index is 13.3. The molecule has 27 heavy (non-hydrogen) atoms. The largest absolute Gasteiger partial charge is 0.367 e. The Hall–Kier alpha value is -2.74. The fourth-order valence-corrected chi connectivity index (χ4v) is 4.73. The van der Waals surface area contributed by atoms with Crippen LogP contribution in [0.5, 0.6) is 0 Å². The van der Waals surface area contributed by atoms with Crippen molar-refractivity contribution in [3.05, 3.63) is 36.1 Å². The summed E-state index contributed by atoms with van der Waals surface area (Å²) in [5, 5.41) is 6.39. The van der Waals surface area contributed by atoms with Gasteiger partial charge in [-0.1, -0.05) is 0 Å². The molecule has 138 valence electrons. The van der Waals surface area contributed by atoms with Crippen molar-refractivity contribution >= 4 is 44.8 Å². The summed E-state index contributed by atoms with van der Waals surface area (Å²) in [6.45, 7) is 3.02. The van der Waals surface area contributed by atoms with Gasteiger partial charge in [0.25, 0.3) is 0 Å². The standard InChI is InChI=1S/C19H20N6OS/c26-19(25-9-7-21-16-15(25)4-1-6-20-16)13-3-2-8-24(11-13)17-14-5-10-27-18(14)23-12-22-17/h1,4-6,10,12-13H,2-3,7-9,11H2,(H,20,21). The minimum Gasteiger partial charge on any atom is -0.367 e. The van der Waals surface area contributed by atoms with E-state index >= 15 is 0 Å². The van der Waals surface area contributed by atoms with Gasteiger partial charge in [-0.25, -0.2) is 15.0 Å². The van der Waals surface area contributed by atoms with E-state index in [2.05, 4.69) is 31.2 Å². The highest BCUT2D eigenvalue weighted by Gasteiger charge is 2.33. The molecule has 2 aliphatic rings. The SMILES string of the molecule is O=C(C1CCCN(c2ncnc3sccc23)C1)N1CCNc2ncccc21. The molecule has 0 radical (unpaired) electrons. The number of pyridine rings is 1. The Kier molecular flexibility index (Phi) is 4.12. The quantitative estimate of drug-likeness (QED) is 0.737. The number of piperidine rings is 1. The number of hydrogen-bond acceptors (Lipinski definition) is 7. The number of amides is 1. The van der Waals surface area contributed by atoms with Crippen molar-refractivity contribution < 1.29 is 4.79 Å². The zero-order valence-electron chi connectivity index (χ0n) is 14.8. The Morgan fingerprint density at radius 2 is 2.19 bits per heavy atom. The van der Waals surface area contributed by atoms with Gasteiger partial charge >= 0.3 is 0 Å². The number of hydrogen-bond donors (Lipinski definition) is 1. The molecule has 0 saturated carbocycles. The topological polar surface area (TPSA) is 74.2 Å². The van der Waals surface area contributed by atoms with E-state index in [1.807, 2.05) is 22.4 Å². The number of rotatable bonds is 2. The van der Waals surface area contributed by atoms with E-state index in [-0.39, 0.29) is 11.8 Å². The lowest BCUT2D eigenvalue weighted by atomic mass is 9.95. The van der Waals surface area contributed by atoms with E-state index in [1.165, 1.54) is 0 Å². The Bertz CT molecular complexity index is 989. The molecule has 8 heteroatoms. The number of thiophene rings is 1. The minimum absolute atomic E-state index is 0.0337. The van der Waals surface area contributed by atoms with Crippen LogP contribution in [0.25, 0.3) is 10.2 Å². The molecule has 2 aliphatic heterocycles. The summed E-state index contributed by atoms with van der Waals surface area (Å²) in [7, 11) is 0. The molecular weight excluding hydrogens is 360 g/mol. The molecule has 1 unspecified atom stereocenters. The lowest BCUT2D eigenvalue weighted by Gasteiger charge is -2.37. The highest BCUT2D eigenvalue weighted by atomic mass is 32.1. The van der Waals surface area contributed by atoms with Crippen molar-refractivity contribution in [1.82, 2.24) is 15.0 Å². The number of carbonyl (C=O) groups is 1. The molecular formula is C19H20N6OS. The summed E-state index contributed by atoms with van der Waals surface area (Å²) in [5.41, 5.74) is 0.883. The van der Waals surface area contributed by atoms with Gasteiger partial charge in [0.05, 0.1) is 17.0 Å². The van der Waals surface area contributed by atoms with Gasteiger partial charge in [0.15, 0.2) is 0 Å². The Labute approximate surface area is 161 Å². The number of aromatic nitrogens is 3. The number of nitrogens with zero attached hydrogens (tertiary/aromatic N) is 5. The van der Waals surface area contributed by atoms with E-state index in [4.69, 9.17) is 0 Å². The fraction of sp³-hybridized carbons (Fsp3) is 0.368. The third kappa shape index (κ3) is 2.90. The molecule has 5 heterocycles. The van der Waals surface area contributed by atoms with Gasteiger partial charge in [-0.2, -0.15) is 0 Å². The Morgan fingerprint density at radius 1 is 1.22 bits per heavy atom. The maximum atomic E-state index is 13.3. The van der Waals surface area contributed by atoms with Crippen molar-refractivity contribution in [3.8, 4) is 0 Å². The predicted molar refractivity (Wildman–Crippen MR) is 107 cm³/mol. The van der Waals surface area contributed by atoms with Crippen LogP contribution in [0.4, 0.5) is 17.3 Å². The zero-order chi connectivity index (χ0) is 18.2. The van der Waals surface area contributed by atoms with Crippen LogP contribution in [0, 0.1) is 5.92 Å². The molecule has 5 rings (SSSR count). The molecule has 1 atom stereocenters. The van der Waals surface area contributed by atoms with E-state index in [9.17, 15) is 4.79 Å². The molecule has 3 aromatic rings. The normalized spacial score (nSPS) is 19.6. The van der Waals surface area contributed by atoms with Crippen molar-refractivity contribution in [3.63, 3.8) is 0 Å². The Morgan fingerprint density at radius 3 is 3.15 bits per heavy atom. The van der Waals surface area contributed by atoms with Crippen molar-refractivity contribution in [2.45, 2.75) is 12.8 Å². The van der Waals surface area contributed by atoms with Crippen molar-refractivity contribution in [1.29, 1.82) is 0 Å². The molecule has 0 aromatic carbocycles. The van der Waals surface area contributed by atoms with Crippen LogP contribution < -0.4 is 15.1 Å². The third-order valence-corrected chi connectivity index (χ3v) is 6.10. The lowest BCUT2D eigenvalue weighted by Crippen LogP contribution is -2.48. The third-order valence-electron chi connectivity index (χ3n) is 5.28. The molecule has 1 N–H and O–H groups in total. The molecule has 3 aromatic heterocycles. The Balaban J connectivity index is 1.40. The highest BCUT2D eigenvalue weighted by Crippen LogP contribution is 2.32. The van der Waals surface area contributed by atoms with Crippen LogP contribution in [0.1, 0.15) is 12.8 Å². The number of anilines is 3. The van der Waals surface area contributed by atoms with Gasteiger partial charge in [0.1, 0.15) is 22.8 Å². The monoisotopic (exact) mass is 380 g/mol. The molecule has 1 amide bonds. The first-order valence-electron chi connectivity index (χ1n) is 9.24. The second-order valence-electron chi connectivity index (χ2n) is 6.91. The molecule has 1 saturated heterocycles. The molecule has 7 nitrogen and oxygen atoms in total. The summed E-state index contributed by atoms with van der Waals surface area (Å²) in [5.74, 6) is 1.89. The maximum Gasteiger partial charge on any atom is 0.232 e. The van der Waals surface area contributed by atoms with E-state index in [0.717, 1.165) is 53.5 Å². The van der Waals surface area contributed by atoms with Gasteiger partial charge in [-0.05, 0) is 36.4 Å². The summed E-state index contributed by atoms with van der Waals surface area (Å²) in [6.07, 6.45) is 5.27. The van der Waals surface area contributed by atoms with Crippen LogP contribution in [-0.4, -0.2) is 47.0 Å². The van der Waals surface area contributed by atoms with E-state index in [0.29, 0.717) is 13.1 Å². The molecule has 0 bridgehead atoms. The van der Waals surface area contributed by atoms with Gasteiger partial charge in [-0.15, -0.1) is 11.3 Å². The second-order valence-corrected chi connectivity index (χ2v) is 7.80. The molecule has 0 spiro atoms. The minimum atomic E-state index is -0.0337. The van der Waals surface area contributed by atoms with Gasteiger partial charge in [0.2, 0.25) is 5.91 Å². The van der Waals surface area contributed by atoms with E-state index in [1.54, 1.807) is 23.9 Å². The molecule has 0 aliphatic carbocycles. The average molecular weight is 380 g/mol.